The lowest BCUT2D eigenvalue weighted by Crippen LogP contribution is -2.45. The van der Waals surface area contributed by atoms with Crippen molar-refractivity contribution in [3.63, 3.8) is 0 Å². The van der Waals surface area contributed by atoms with Gasteiger partial charge in [-0.1, -0.05) is 30.3 Å². The molecule has 0 unspecified atom stereocenters. The second-order valence-electron chi connectivity index (χ2n) is 8.79. The maximum Gasteiger partial charge on any atom is 0.309 e. The Balaban J connectivity index is 1.31. The van der Waals surface area contributed by atoms with Crippen LogP contribution in [0.2, 0.25) is 0 Å². The number of piperidine rings is 1. The van der Waals surface area contributed by atoms with Gasteiger partial charge in [0.25, 0.3) is 11.8 Å². The molecule has 35 heavy (non-hydrogen) atoms. The van der Waals surface area contributed by atoms with Crippen LogP contribution in [0.4, 0.5) is 0 Å². The Labute approximate surface area is 204 Å². The summed E-state index contributed by atoms with van der Waals surface area (Å²) in [5.74, 6) is -1.29. The third-order valence-electron chi connectivity index (χ3n) is 6.40. The number of aromatic nitrogens is 2. The van der Waals surface area contributed by atoms with Crippen LogP contribution in [0.1, 0.15) is 52.7 Å². The number of rotatable bonds is 7. The number of nitrogens with zero attached hydrogens (tertiary/aromatic N) is 4. The molecule has 2 aliphatic rings. The van der Waals surface area contributed by atoms with Crippen LogP contribution in [0, 0.1) is 5.92 Å². The summed E-state index contributed by atoms with van der Waals surface area (Å²) in [5.41, 5.74) is 1.52. The zero-order valence-corrected chi connectivity index (χ0v) is 19.9. The summed E-state index contributed by atoms with van der Waals surface area (Å²) in [6.45, 7) is 4.48. The van der Waals surface area contributed by atoms with E-state index in [0.29, 0.717) is 57.9 Å². The van der Waals surface area contributed by atoms with E-state index >= 15 is 0 Å². The van der Waals surface area contributed by atoms with Crippen molar-refractivity contribution in [1.82, 2.24) is 24.9 Å². The Morgan fingerprint density at radius 2 is 1.83 bits per heavy atom. The molecule has 1 aromatic carbocycles. The Bertz CT molecular complexity index is 1080. The Morgan fingerprint density at radius 1 is 1.09 bits per heavy atom. The molecule has 0 bridgehead atoms. The van der Waals surface area contributed by atoms with Gasteiger partial charge in [0.1, 0.15) is 5.69 Å². The first-order valence-corrected chi connectivity index (χ1v) is 12.1. The molecule has 4 rings (SSSR count). The summed E-state index contributed by atoms with van der Waals surface area (Å²) < 4.78 is 6.63. The van der Waals surface area contributed by atoms with Crippen LogP contribution in [0.25, 0.3) is 0 Å². The molecule has 3 heterocycles. The van der Waals surface area contributed by atoms with E-state index in [1.54, 1.807) is 21.4 Å². The van der Waals surface area contributed by atoms with E-state index in [9.17, 15) is 19.2 Å². The first-order valence-electron chi connectivity index (χ1n) is 12.1. The van der Waals surface area contributed by atoms with Crippen molar-refractivity contribution in [3.05, 3.63) is 53.3 Å². The SMILES string of the molecule is CCOC(=O)C1CCN(C(=O)CNC(=O)c2cc3n(n2)CCCN(Cc2ccccc2)C3=O)CC1. The highest BCUT2D eigenvalue weighted by Gasteiger charge is 2.29. The van der Waals surface area contributed by atoms with Crippen LogP contribution in [0.3, 0.4) is 0 Å². The fourth-order valence-corrected chi connectivity index (χ4v) is 4.48. The average molecular weight is 482 g/mol. The zero-order valence-electron chi connectivity index (χ0n) is 19.9. The molecule has 0 saturated carbocycles. The molecule has 0 atom stereocenters. The summed E-state index contributed by atoms with van der Waals surface area (Å²) in [7, 11) is 0. The minimum absolute atomic E-state index is 0.115. The fraction of sp³-hybridized carbons (Fsp3) is 0.480. The highest BCUT2D eigenvalue weighted by Crippen LogP contribution is 2.19. The molecule has 1 N–H and O–H groups in total. The second kappa shape index (κ2) is 11.2. The van der Waals surface area contributed by atoms with E-state index in [1.807, 2.05) is 30.3 Å². The minimum Gasteiger partial charge on any atom is -0.466 e. The molecular formula is C25H31N5O5. The van der Waals surface area contributed by atoms with Crippen LogP contribution in [-0.2, 0) is 27.4 Å². The van der Waals surface area contributed by atoms with Crippen LogP contribution >= 0.6 is 0 Å². The van der Waals surface area contributed by atoms with Gasteiger partial charge >= 0.3 is 5.97 Å². The third-order valence-corrected chi connectivity index (χ3v) is 6.40. The summed E-state index contributed by atoms with van der Waals surface area (Å²) in [6.07, 6.45) is 1.83. The number of benzene rings is 1. The van der Waals surface area contributed by atoms with Gasteiger partial charge in [-0.15, -0.1) is 0 Å². The number of hydrogen-bond donors (Lipinski definition) is 1. The smallest absolute Gasteiger partial charge is 0.309 e. The predicted molar refractivity (Wildman–Crippen MR) is 126 cm³/mol. The molecule has 2 aromatic rings. The van der Waals surface area contributed by atoms with Crippen molar-refractivity contribution < 1.29 is 23.9 Å². The second-order valence-corrected chi connectivity index (χ2v) is 8.79. The average Bonchev–Trinajstić information content (AvgIpc) is 3.25. The largest absolute Gasteiger partial charge is 0.466 e. The van der Waals surface area contributed by atoms with Gasteiger partial charge < -0.3 is 19.9 Å². The van der Waals surface area contributed by atoms with Crippen molar-refractivity contribution in [2.45, 2.75) is 39.3 Å². The number of amides is 3. The van der Waals surface area contributed by atoms with Gasteiger partial charge in [0.15, 0.2) is 5.69 Å². The van der Waals surface area contributed by atoms with Crippen molar-refractivity contribution in [2.24, 2.45) is 5.92 Å². The molecule has 0 spiro atoms. The number of aryl methyl sites for hydroxylation is 1. The third kappa shape index (κ3) is 5.87. The van der Waals surface area contributed by atoms with E-state index in [1.165, 1.54) is 6.07 Å². The molecule has 0 radical (unpaired) electrons. The lowest BCUT2D eigenvalue weighted by Gasteiger charge is -2.30. The highest BCUT2D eigenvalue weighted by atomic mass is 16.5. The molecule has 1 fully saturated rings. The summed E-state index contributed by atoms with van der Waals surface area (Å²) in [6, 6.07) is 11.3. The number of fused-ring (bicyclic) bond motifs is 1. The first kappa shape index (κ1) is 24.4. The summed E-state index contributed by atoms with van der Waals surface area (Å²) in [5, 5.41) is 6.94. The fourth-order valence-electron chi connectivity index (χ4n) is 4.48. The van der Waals surface area contributed by atoms with Crippen molar-refractivity contribution >= 4 is 23.7 Å². The molecule has 3 amide bonds. The summed E-state index contributed by atoms with van der Waals surface area (Å²) >= 11 is 0. The monoisotopic (exact) mass is 481 g/mol. The number of carbonyl (C=O) groups is 4. The highest BCUT2D eigenvalue weighted by molar-refractivity contribution is 5.99. The van der Waals surface area contributed by atoms with Crippen LogP contribution in [-0.4, -0.2) is 76.1 Å². The maximum absolute atomic E-state index is 13.1. The van der Waals surface area contributed by atoms with E-state index in [-0.39, 0.29) is 35.9 Å². The Kier molecular flexibility index (Phi) is 7.79. The molecular weight excluding hydrogens is 450 g/mol. The number of likely N-dealkylation sites (tertiary alicyclic amines) is 1. The van der Waals surface area contributed by atoms with Crippen molar-refractivity contribution in [3.8, 4) is 0 Å². The first-order chi connectivity index (χ1) is 17.0. The van der Waals surface area contributed by atoms with Crippen molar-refractivity contribution in [1.29, 1.82) is 0 Å². The van der Waals surface area contributed by atoms with E-state index < -0.39 is 5.91 Å². The lowest BCUT2D eigenvalue weighted by molar-refractivity contribution is -0.151. The van der Waals surface area contributed by atoms with Gasteiger partial charge in [-0.25, -0.2) is 0 Å². The standard InChI is InChI=1S/C25H31N5O5/c1-2-35-25(34)19-9-13-28(14-10-19)22(31)16-26-23(32)20-15-21-24(33)29(11-6-12-30(21)27-20)17-18-7-4-3-5-8-18/h3-5,7-8,15,19H,2,6,9-14,16-17H2,1H3,(H,26,32). The number of hydrogen-bond acceptors (Lipinski definition) is 6. The number of nitrogens with one attached hydrogen (secondary N) is 1. The quantitative estimate of drug-likeness (QED) is 0.599. The molecule has 1 aromatic heterocycles. The van der Waals surface area contributed by atoms with Crippen molar-refractivity contribution in [2.75, 3.05) is 32.8 Å². The molecule has 10 nitrogen and oxygen atoms in total. The van der Waals surface area contributed by atoms with Gasteiger partial charge in [-0.2, -0.15) is 5.10 Å². The molecule has 10 heteroatoms. The molecule has 0 aliphatic carbocycles. The zero-order chi connectivity index (χ0) is 24.8. The summed E-state index contributed by atoms with van der Waals surface area (Å²) in [4.78, 5) is 53.6. The molecule has 186 valence electrons. The van der Waals surface area contributed by atoms with Gasteiger partial charge in [-0.3, -0.25) is 23.9 Å². The van der Waals surface area contributed by atoms with Crippen LogP contribution < -0.4 is 5.32 Å². The van der Waals surface area contributed by atoms with E-state index in [2.05, 4.69) is 10.4 Å². The van der Waals surface area contributed by atoms with Crippen LogP contribution in [0.15, 0.2) is 36.4 Å². The predicted octanol–water partition coefficient (Wildman–Crippen LogP) is 1.46. The minimum atomic E-state index is -0.497. The van der Waals surface area contributed by atoms with Crippen LogP contribution in [0.5, 0.6) is 0 Å². The Hall–Kier alpha value is -3.69. The topological polar surface area (TPSA) is 114 Å². The maximum atomic E-state index is 13.1. The Morgan fingerprint density at radius 3 is 2.54 bits per heavy atom. The lowest BCUT2D eigenvalue weighted by atomic mass is 9.97. The normalized spacial score (nSPS) is 16.4. The van der Waals surface area contributed by atoms with Gasteiger partial charge in [0.05, 0.1) is 19.1 Å². The molecule has 1 saturated heterocycles. The number of carbonyl (C=O) groups excluding carboxylic acids is 4. The number of ether oxygens (including phenoxy) is 1. The van der Waals surface area contributed by atoms with E-state index in [0.717, 1.165) is 12.0 Å². The van der Waals surface area contributed by atoms with Gasteiger partial charge in [-0.05, 0) is 31.7 Å². The van der Waals surface area contributed by atoms with E-state index in [4.69, 9.17) is 4.74 Å². The number of esters is 1. The molecule has 2 aliphatic heterocycles. The van der Waals surface area contributed by atoms with Gasteiger partial charge in [0.2, 0.25) is 5.91 Å². The van der Waals surface area contributed by atoms with Gasteiger partial charge in [0, 0.05) is 38.8 Å².